The van der Waals surface area contributed by atoms with Gasteiger partial charge in [0.15, 0.2) is 5.16 Å². The smallest absolute Gasteiger partial charge is 0.343 e. The Morgan fingerprint density at radius 2 is 2.45 bits per heavy atom. The van der Waals surface area contributed by atoms with E-state index in [2.05, 4.69) is 22.0 Å². The first-order valence-electron chi connectivity index (χ1n) is 6.19. The predicted molar refractivity (Wildman–Crippen MR) is 81.0 cm³/mol. The van der Waals surface area contributed by atoms with Crippen LogP contribution in [0.15, 0.2) is 21.4 Å². The molecule has 0 aliphatic carbocycles. The van der Waals surface area contributed by atoms with Crippen molar-refractivity contribution < 1.29 is 5.11 Å². The van der Waals surface area contributed by atoms with Gasteiger partial charge in [-0.25, -0.2) is 9.89 Å². The standard InChI is InChI=1S/C13H15N3O2S2/c1-2-5-16-12(18)14-15-13(16)20-9-11-7-10(8-19-11)4-3-6-17/h7-8,17H,2,5-6,9H2,1H3,(H,14,18). The second-order valence-corrected chi connectivity index (χ2v) is 5.95. The number of aliphatic hydroxyl groups excluding tert-OH is 1. The van der Waals surface area contributed by atoms with Gasteiger partial charge in [0.1, 0.15) is 6.61 Å². The highest BCUT2D eigenvalue weighted by molar-refractivity contribution is 7.98. The lowest BCUT2D eigenvalue weighted by Crippen LogP contribution is -2.17. The summed E-state index contributed by atoms with van der Waals surface area (Å²) in [5, 5.41) is 17.8. The fourth-order valence-electron chi connectivity index (χ4n) is 1.63. The number of aromatic nitrogens is 3. The average Bonchev–Trinajstić information content (AvgIpc) is 3.03. The molecule has 2 aromatic rings. The lowest BCUT2D eigenvalue weighted by Gasteiger charge is -2.02. The number of hydrogen-bond acceptors (Lipinski definition) is 5. The van der Waals surface area contributed by atoms with Crippen molar-refractivity contribution in [3.63, 3.8) is 0 Å². The Balaban J connectivity index is 2.02. The minimum absolute atomic E-state index is 0.128. The quantitative estimate of drug-likeness (QED) is 0.651. The molecule has 0 aliphatic heterocycles. The van der Waals surface area contributed by atoms with Gasteiger partial charge in [0.05, 0.1) is 0 Å². The van der Waals surface area contributed by atoms with Gasteiger partial charge in [-0.2, -0.15) is 0 Å². The van der Waals surface area contributed by atoms with Crippen molar-refractivity contribution in [3.05, 3.63) is 32.4 Å². The van der Waals surface area contributed by atoms with E-state index in [-0.39, 0.29) is 12.3 Å². The van der Waals surface area contributed by atoms with Crippen molar-refractivity contribution in [3.8, 4) is 11.8 Å². The number of aliphatic hydroxyl groups is 1. The highest BCUT2D eigenvalue weighted by Crippen LogP contribution is 2.24. The maximum absolute atomic E-state index is 11.6. The molecule has 2 aromatic heterocycles. The minimum Gasteiger partial charge on any atom is -0.384 e. The Hall–Kier alpha value is -1.49. The van der Waals surface area contributed by atoms with Gasteiger partial charge in [0.25, 0.3) is 0 Å². The molecule has 0 unspecified atom stereocenters. The van der Waals surface area contributed by atoms with Crippen LogP contribution in [0.1, 0.15) is 23.8 Å². The van der Waals surface area contributed by atoms with E-state index in [9.17, 15) is 4.79 Å². The first kappa shape index (κ1) is 14.9. The van der Waals surface area contributed by atoms with Crippen molar-refractivity contribution in [2.75, 3.05) is 6.61 Å². The van der Waals surface area contributed by atoms with Crippen LogP contribution in [-0.4, -0.2) is 26.5 Å². The molecule has 0 atom stereocenters. The molecule has 5 nitrogen and oxygen atoms in total. The lowest BCUT2D eigenvalue weighted by molar-refractivity contribution is 0.350. The molecule has 0 saturated heterocycles. The number of thioether (sulfide) groups is 1. The Labute approximate surface area is 125 Å². The largest absolute Gasteiger partial charge is 0.384 e. The van der Waals surface area contributed by atoms with E-state index < -0.39 is 0 Å². The SMILES string of the molecule is CCCn1c(SCc2cc(C#CCO)cs2)n[nH]c1=O. The summed E-state index contributed by atoms with van der Waals surface area (Å²) in [5.74, 6) is 6.25. The molecule has 0 radical (unpaired) electrons. The molecule has 0 fully saturated rings. The van der Waals surface area contributed by atoms with Gasteiger partial charge in [-0.3, -0.25) is 4.57 Å². The van der Waals surface area contributed by atoms with Crippen LogP contribution in [0.5, 0.6) is 0 Å². The van der Waals surface area contributed by atoms with Crippen LogP contribution in [0.25, 0.3) is 0 Å². The maximum atomic E-state index is 11.6. The van der Waals surface area contributed by atoms with Crippen LogP contribution in [0.4, 0.5) is 0 Å². The fourth-order valence-corrected chi connectivity index (χ4v) is 3.48. The molecule has 7 heteroatoms. The molecule has 0 amide bonds. The first-order valence-corrected chi connectivity index (χ1v) is 8.06. The van der Waals surface area contributed by atoms with Crippen LogP contribution < -0.4 is 5.69 Å². The van der Waals surface area contributed by atoms with Crippen molar-refractivity contribution in [1.82, 2.24) is 14.8 Å². The zero-order valence-corrected chi connectivity index (χ0v) is 12.7. The lowest BCUT2D eigenvalue weighted by atomic mass is 10.3. The third kappa shape index (κ3) is 3.76. The topological polar surface area (TPSA) is 70.9 Å². The van der Waals surface area contributed by atoms with Crippen LogP contribution >= 0.6 is 23.1 Å². The summed E-state index contributed by atoms with van der Waals surface area (Å²) in [7, 11) is 0. The number of hydrogen-bond donors (Lipinski definition) is 2. The third-order valence-corrected chi connectivity index (χ3v) is 4.62. The summed E-state index contributed by atoms with van der Waals surface area (Å²) in [6.07, 6.45) is 0.896. The van der Waals surface area contributed by atoms with Gasteiger partial charge in [-0.05, 0) is 12.5 Å². The van der Waals surface area contributed by atoms with Crippen molar-refractivity contribution in [2.24, 2.45) is 0 Å². The molecule has 106 valence electrons. The molecule has 0 bridgehead atoms. The molecule has 0 aliphatic rings. The molecular weight excluding hydrogens is 294 g/mol. The van der Waals surface area contributed by atoms with Crippen molar-refractivity contribution in [1.29, 1.82) is 0 Å². The zero-order valence-electron chi connectivity index (χ0n) is 11.0. The van der Waals surface area contributed by atoms with Gasteiger partial charge < -0.3 is 5.11 Å². The third-order valence-electron chi connectivity index (χ3n) is 2.48. The van der Waals surface area contributed by atoms with E-state index in [4.69, 9.17) is 5.11 Å². The second kappa shape index (κ2) is 7.33. The fraction of sp³-hybridized carbons (Fsp3) is 0.385. The summed E-state index contributed by atoms with van der Waals surface area (Å²) in [4.78, 5) is 12.7. The van der Waals surface area contributed by atoms with Crippen LogP contribution in [0.3, 0.4) is 0 Å². The Bertz CT molecular complexity index is 676. The summed E-state index contributed by atoms with van der Waals surface area (Å²) in [6, 6.07) is 2.00. The highest BCUT2D eigenvalue weighted by Gasteiger charge is 2.08. The van der Waals surface area contributed by atoms with Gasteiger partial charge >= 0.3 is 5.69 Å². The molecule has 2 rings (SSSR count). The van der Waals surface area contributed by atoms with E-state index in [1.165, 1.54) is 11.8 Å². The predicted octanol–water partition coefficient (Wildman–Crippen LogP) is 1.68. The second-order valence-electron chi connectivity index (χ2n) is 4.01. The Morgan fingerprint density at radius 3 is 3.20 bits per heavy atom. The number of nitrogens with one attached hydrogen (secondary N) is 1. The van der Waals surface area contributed by atoms with Gasteiger partial charge in [0.2, 0.25) is 0 Å². The van der Waals surface area contributed by atoms with Gasteiger partial charge in [-0.15, -0.1) is 16.4 Å². The molecule has 0 saturated carbocycles. The number of thiophene rings is 1. The van der Waals surface area contributed by atoms with Gasteiger partial charge in [-0.1, -0.05) is 30.5 Å². The minimum atomic E-state index is -0.157. The van der Waals surface area contributed by atoms with Crippen LogP contribution in [-0.2, 0) is 12.3 Å². The first-order chi connectivity index (χ1) is 9.74. The Morgan fingerprint density at radius 1 is 1.60 bits per heavy atom. The summed E-state index contributed by atoms with van der Waals surface area (Å²) in [5.41, 5.74) is 0.752. The Kier molecular flexibility index (Phi) is 5.47. The summed E-state index contributed by atoms with van der Waals surface area (Å²) in [6.45, 7) is 2.57. The molecule has 20 heavy (non-hydrogen) atoms. The molecule has 0 spiro atoms. The van der Waals surface area contributed by atoms with E-state index in [0.717, 1.165) is 22.6 Å². The van der Waals surface area contributed by atoms with Crippen LogP contribution in [0, 0.1) is 11.8 Å². The van der Waals surface area contributed by atoms with E-state index >= 15 is 0 Å². The maximum Gasteiger partial charge on any atom is 0.343 e. The van der Waals surface area contributed by atoms with Crippen molar-refractivity contribution >= 4 is 23.1 Å². The van der Waals surface area contributed by atoms with Gasteiger partial charge in [0, 0.05) is 28.1 Å². The van der Waals surface area contributed by atoms with E-state index in [1.54, 1.807) is 15.9 Å². The molecule has 2 heterocycles. The number of H-pyrrole nitrogens is 1. The summed E-state index contributed by atoms with van der Waals surface area (Å²) >= 11 is 3.15. The molecular formula is C13H15N3O2S2. The summed E-state index contributed by atoms with van der Waals surface area (Å²) < 4.78 is 1.66. The monoisotopic (exact) mass is 309 g/mol. The van der Waals surface area contributed by atoms with E-state index in [0.29, 0.717) is 11.7 Å². The van der Waals surface area contributed by atoms with Crippen LogP contribution in [0.2, 0.25) is 0 Å². The number of nitrogens with zero attached hydrogens (tertiary/aromatic N) is 2. The van der Waals surface area contributed by atoms with Crippen molar-refractivity contribution in [2.45, 2.75) is 30.8 Å². The zero-order chi connectivity index (χ0) is 14.4. The van der Waals surface area contributed by atoms with E-state index in [1.807, 2.05) is 18.4 Å². The highest BCUT2D eigenvalue weighted by atomic mass is 32.2. The average molecular weight is 309 g/mol. The number of aromatic amines is 1. The molecule has 0 aromatic carbocycles. The molecule has 2 N–H and O–H groups in total. The number of rotatable bonds is 5. The normalized spacial score (nSPS) is 10.3.